The highest BCUT2D eigenvalue weighted by Gasteiger charge is 2.22. The molecule has 0 saturated carbocycles. The van der Waals surface area contributed by atoms with E-state index in [1.54, 1.807) is 0 Å². The first-order valence-corrected chi connectivity index (χ1v) is 6.41. The van der Waals surface area contributed by atoms with Crippen LogP contribution < -0.4 is 5.32 Å². The van der Waals surface area contributed by atoms with Gasteiger partial charge < -0.3 is 5.32 Å². The third-order valence-electron chi connectivity index (χ3n) is 2.96. The molecule has 0 amide bonds. The van der Waals surface area contributed by atoms with Gasteiger partial charge in [0.25, 0.3) is 0 Å². The summed E-state index contributed by atoms with van der Waals surface area (Å²) < 4.78 is 0. The fraction of sp³-hybridized carbons (Fsp3) is 0.571. The average Bonchev–Trinajstić information content (AvgIpc) is 2.25. The Hall–Kier alpha value is -0.530. The van der Waals surface area contributed by atoms with Gasteiger partial charge in [-0.2, -0.15) is 0 Å². The number of hydrogen-bond acceptors (Lipinski definition) is 1. The summed E-state index contributed by atoms with van der Waals surface area (Å²) in [5, 5.41) is 4.32. The molecule has 1 aromatic rings. The second-order valence-electron chi connectivity index (χ2n) is 4.86. The lowest BCUT2D eigenvalue weighted by Gasteiger charge is -2.26. The first-order chi connectivity index (χ1) is 7.58. The zero-order valence-electron chi connectivity index (χ0n) is 10.5. The number of rotatable bonds is 6. The first-order valence-electron chi connectivity index (χ1n) is 6.03. The summed E-state index contributed by atoms with van der Waals surface area (Å²) in [5.74, 6) is 0. The molecule has 0 radical (unpaired) electrons. The molecular weight excluding hydrogens is 218 g/mol. The Bertz CT molecular complexity index is 320. The van der Waals surface area contributed by atoms with Gasteiger partial charge in [0.1, 0.15) is 0 Å². The summed E-state index contributed by atoms with van der Waals surface area (Å²) in [4.78, 5) is 0. The van der Waals surface area contributed by atoms with E-state index in [-0.39, 0.29) is 5.41 Å². The van der Waals surface area contributed by atoms with Crippen molar-refractivity contribution in [2.75, 3.05) is 13.1 Å². The molecule has 0 aliphatic rings. The molecule has 0 spiro atoms. The predicted octanol–water partition coefficient (Wildman–Crippen LogP) is 4.01. The van der Waals surface area contributed by atoms with Crippen LogP contribution in [0.15, 0.2) is 24.3 Å². The van der Waals surface area contributed by atoms with Crippen LogP contribution in [0.25, 0.3) is 0 Å². The van der Waals surface area contributed by atoms with Gasteiger partial charge in [0.15, 0.2) is 0 Å². The van der Waals surface area contributed by atoms with Gasteiger partial charge in [0.05, 0.1) is 0 Å². The Kier molecular flexibility index (Phi) is 5.30. The van der Waals surface area contributed by atoms with Gasteiger partial charge in [-0.25, -0.2) is 0 Å². The standard InChI is InChI=1S/C14H22ClN/c1-4-10-16-11-9-14(2,3)12-7-5-6-8-13(12)15/h5-8,16H,4,9-11H2,1-3H3. The second-order valence-corrected chi connectivity index (χ2v) is 5.27. The maximum Gasteiger partial charge on any atom is 0.0443 e. The summed E-state index contributed by atoms with van der Waals surface area (Å²) >= 11 is 6.23. The molecular formula is C14H22ClN. The molecule has 0 aliphatic heterocycles. The molecule has 0 bridgehead atoms. The lowest BCUT2D eigenvalue weighted by molar-refractivity contribution is 0.457. The van der Waals surface area contributed by atoms with Crippen molar-refractivity contribution in [2.45, 2.75) is 39.0 Å². The number of halogens is 1. The molecule has 0 fully saturated rings. The number of benzene rings is 1. The highest BCUT2D eigenvalue weighted by molar-refractivity contribution is 6.31. The summed E-state index contributed by atoms with van der Waals surface area (Å²) in [6, 6.07) is 8.14. The molecule has 0 aliphatic carbocycles. The molecule has 0 saturated heterocycles. The molecule has 0 unspecified atom stereocenters. The second kappa shape index (κ2) is 6.27. The largest absolute Gasteiger partial charge is 0.317 e. The van der Waals surface area contributed by atoms with Crippen LogP contribution in [0.3, 0.4) is 0 Å². The van der Waals surface area contributed by atoms with E-state index in [4.69, 9.17) is 11.6 Å². The quantitative estimate of drug-likeness (QED) is 0.740. The lowest BCUT2D eigenvalue weighted by atomic mass is 9.81. The van der Waals surface area contributed by atoms with Crippen molar-refractivity contribution in [1.82, 2.24) is 5.32 Å². The van der Waals surface area contributed by atoms with Crippen molar-refractivity contribution in [3.63, 3.8) is 0 Å². The van der Waals surface area contributed by atoms with Gasteiger partial charge in [0.2, 0.25) is 0 Å². The number of nitrogens with one attached hydrogen (secondary N) is 1. The van der Waals surface area contributed by atoms with E-state index in [0.717, 1.165) is 24.5 Å². The molecule has 1 N–H and O–H groups in total. The Labute approximate surface area is 104 Å². The Morgan fingerprint density at radius 2 is 1.88 bits per heavy atom. The fourth-order valence-corrected chi connectivity index (χ4v) is 2.24. The highest BCUT2D eigenvalue weighted by Crippen LogP contribution is 2.31. The SMILES string of the molecule is CCCNCCC(C)(C)c1ccccc1Cl. The smallest absolute Gasteiger partial charge is 0.0443 e. The Morgan fingerprint density at radius 1 is 1.19 bits per heavy atom. The third-order valence-corrected chi connectivity index (χ3v) is 3.29. The molecule has 16 heavy (non-hydrogen) atoms. The van der Waals surface area contributed by atoms with Gasteiger partial charge in [-0.15, -0.1) is 0 Å². The summed E-state index contributed by atoms with van der Waals surface area (Å²) in [5.41, 5.74) is 1.38. The van der Waals surface area contributed by atoms with Crippen LogP contribution in [0.4, 0.5) is 0 Å². The van der Waals surface area contributed by atoms with Gasteiger partial charge in [-0.1, -0.05) is 50.6 Å². The average molecular weight is 240 g/mol. The minimum atomic E-state index is 0.138. The molecule has 2 heteroatoms. The molecule has 0 aromatic heterocycles. The topological polar surface area (TPSA) is 12.0 Å². The van der Waals surface area contributed by atoms with Crippen molar-refractivity contribution in [2.24, 2.45) is 0 Å². The third kappa shape index (κ3) is 3.80. The summed E-state index contributed by atoms with van der Waals surface area (Å²) in [7, 11) is 0. The van der Waals surface area contributed by atoms with Gasteiger partial charge in [0, 0.05) is 5.02 Å². The maximum absolute atomic E-state index is 6.23. The first kappa shape index (κ1) is 13.5. The van der Waals surface area contributed by atoms with Crippen molar-refractivity contribution in [1.29, 1.82) is 0 Å². The maximum atomic E-state index is 6.23. The highest BCUT2D eigenvalue weighted by atomic mass is 35.5. The normalized spacial score (nSPS) is 11.8. The Morgan fingerprint density at radius 3 is 2.50 bits per heavy atom. The molecule has 0 heterocycles. The van der Waals surface area contributed by atoms with Gasteiger partial charge in [-0.3, -0.25) is 0 Å². The van der Waals surface area contributed by atoms with Crippen LogP contribution in [-0.2, 0) is 5.41 Å². The molecule has 1 nitrogen and oxygen atoms in total. The van der Waals surface area contributed by atoms with E-state index in [1.165, 1.54) is 12.0 Å². The van der Waals surface area contributed by atoms with E-state index in [2.05, 4.69) is 38.2 Å². The van der Waals surface area contributed by atoms with Crippen LogP contribution in [0, 0.1) is 0 Å². The van der Waals surface area contributed by atoms with Crippen LogP contribution in [0.1, 0.15) is 39.2 Å². The van der Waals surface area contributed by atoms with Crippen LogP contribution in [0.2, 0.25) is 5.02 Å². The predicted molar refractivity (Wildman–Crippen MR) is 72.3 cm³/mol. The zero-order valence-corrected chi connectivity index (χ0v) is 11.3. The van der Waals surface area contributed by atoms with Crippen LogP contribution in [-0.4, -0.2) is 13.1 Å². The lowest BCUT2D eigenvalue weighted by Crippen LogP contribution is -2.26. The van der Waals surface area contributed by atoms with E-state index in [0.29, 0.717) is 0 Å². The molecule has 1 aromatic carbocycles. The van der Waals surface area contributed by atoms with E-state index in [9.17, 15) is 0 Å². The van der Waals surface area contributed by atoms with Crippen molar-refractivity contribution in [3.8, 4) is 0 Å². The van der Waals surface area contributed by atoms with Crippen LogP contribution >= 0.6 is 11.6 Å². The zero-order chi connectivity index (χ0) is 12.0. The van der Waals surface area contributed by atoms with Crippen molar-refractivity contribution in [3.05, 3.63) is 34.9 Å². The van der Waals surface area contributed by atoms with Gasteiger partial charge in [-0.05, 0) is 43.0 Å². The molecule has 0 atom stereocenters. The van der Waals surface area contributed by atoms with Crippen molar-refractivity contribution >= 4 is 11.6 Å². The van der Waals surface area contributed by atoms with Crippen LogP contribution in [0.5, 0.6) is 0 Å². The monoisotopic (exact) mass is 239 g/mol. The van der Waals surface area contributed by atoms with Gasteiger partial charge >= 0.3 is 0 Å². The summed E-state index contributed by atoms with van der Waals surface area (Å²) in [6.07, 6.45) is 2.29. The fourth-order valence-electron chi connectivity index (χ4n) is 1.85. The summed E-state index contributed by atoms with van der Waals surface area (Å²) in [6.45, 7) is 8.83. The number of hydrogen-bond donors (Lipinski definition) is 1. The van der Waals surface area contributed by atoms with E-state index in [1.807, 2.05) is 12.1 Å². The Balaban J connectivity index is 2.59. The molecule has 90 valence electrons. The van der Waals surface area contributed by atoms with E-state index >= 15 is 0 Å². The minimum Gasteiger partial charge on any atom is -0.317 e. The minimum absolute atomic E-state index is 0.138. The van der Waals surface area contributed by atoms with E-state index < -0.39 is 0 Å². The van der Waals surface area contributed by atoms with Crippen molar-refractivity contribution < 1.29 is 0 Å². The molecule has 1 rings (SSSR count).